The standard InChI is InChI=1S/C12H20N2O3/c1-8-6-13-7-9(8)10(15)14-12(11(16)17)4-2-3-5-12/h8-9,13H,2-7H2,1H3,(H,14,15)(H,16,17)/t8-,9-/m1/s1. The molecule has 2 rings (SSSR count). The van der Waals surface area contributed by atoms with Crippen LogP contribution in [-0.4, -0.2) is 35.6 Å². The minimum Gasteiger partial charge on any atom is -0.480 e. The van der Waals surface area contributed by atoms with Crippen LogP contribution in [0.3, 0.4) is 0 Å². The van der Waals surface area contributed by atoms with Crippen molar-refractivity contribution in [3.05, 3.63) is 0 Å². The fraction of sp³-hybridized carbons (Fsp3) is 0.833. The van der Waals surface area contributed by atoms with Gasteiger partial charge in [0.15, 0.2) is 0 Å². The van der Waals surface area contributed by atoms with Gasteiger partial charge >= 0.3 is 5.97 Å². The Labute approximate surface area is 101 Å². The molecule has 1 aliphatic carbocycles. The van der Waals surface area contributed by atoms with Crippen LogP contribution in [0.25, 0.3) is 0 Å². The maximum Gasteiger partial charge on any atom is 0.329 e. The lowest BCUT2D eigenvalue weighted by molar-refractivity contribution is -0.148. The Morgan fingerprint density at radius 1 is 1.29 bits per heavy atom. The van der Waals surface area contributed by atoms with Gasteiger partial charge in [-0.05, 0) is 25.3 Å². The Kier molecular flexibility index (Phi) is 3.38. The van der Waals surface area contributed by atoms with E-state index in [2.05, 4.69) is 10.6 Å². The molecule has 0 aromatic rings. The van der Waals surface area contributed by atoms with E-state index in [1.807, 2.05) is 6.92 Å². The third-order valence-corrected chi connectivity index (χ3v) is 4.08. The van der Waals surface area contributed by atoms with Crippen molar-refractivity contribution in [2.45, 2.75) is 38.1 Å². The van der Waals surface area contributed by atoms with E-state index in [-0.39, 0.29) is 17.7 Å². The summed E-state index contributed by atoms with van der Waals surface area (Å²) in [7, 11) is 0. The van der Waals surface area contributed by atoms with Gasteiger partial charge in [-0.25, -0.2) is 4.79 Å². The van der Waals surface area contributed by atoms with E-state index in [1.54, 1.807) is 0 Å². The maximum absolute atomic E-state index is 12.1. The highest BCUT2D eigenvalue weighted by Crippen LogP contribution is 2.31. The summed E-state index contributed by atoms with van der Waals surface area (Å²) in [5.41, 5.74) is -1.00. The van der Waals surface area contributed by atoms with Gasteiger partial charge in [-0.3, -0.25) is 4.79 Å². The molecule has 1 aliphatic heterocycles. The molecule has 1 amide bonds. The van der Waals surface area contributed by atoms with E-state index >= 15 is 0 Å². The van der Waals surface area contributed by atoms with Gasteiger partial charge < -0.3 is 15.7 Å². The van der Waals surface area contributed by atoms with Gasteiger partial charge in [0.05, 0.1) is 5.92 Å². The average molecular weight is 240 g/mol. The normalized spacial score (nSPS) is 31.4. The fourth-order valence-corrected chi connectivity index (χ4v) is 2.86. The van der Waals surface area contributed by atoms with Gasteiger partial charge in [-0.2, -0.15) is 0 Å². The summed E-state index contributed by atoms with van der Waals surface area (Å²) in [6.45, 7) is 3.51. The van der Waals surface area contributed by atoms with E-state index in [9.17, 15) is 14.7 Å². The molecule has 1 saturated carbocycles. The molecule has 0 spiro atoms. The van der Waals surface area contributed by atoms with Gasteiger partial charge in [0.1, 0.15) is 5.54 Å². The van der Waals surface area contributed by atoms with E-state index in [0.717, 1.165) is 19.4 Å². The van der Waals surface area contributed by atoms with Crippen molar-refractivity contribution in [3.8, 4) is 0 Å². The molecule has 1 saturated heterocycles. The smallest absolute Gasteiger partial charge is 0.329 e. The molecule has 0 aromatic heterocycles. The number of hydrogen-bond donors (Lipinski definition) is 3. The molecule has 0 aromatic carbocycles. The number of hydrogen-bond acceptors (Lipinski definition) is 3. The van der Waals surface area contributed by atoms with Crippen molar-refractivity contribution in [1.29, 1.82) is 0 Å². The molecule has 1 heterocycles. The number of rotatable bonds is 3. The van der Waals surface area contributed by atoms with Gasteiger partial charge in [0, 0.05) is 6.54 Å². The number of carbonyl (C=O) groups excluding carboxylic acids is 1. The van der Waals surface area contributed by atoms with Gasteiger partial charge in [-0.1, -0.05) is 19.8 Å². The van der Waals surface area contributed by atoms with Crippen molar-refractivity contribution in [2.75, 3.05) is 13.1 Å². The van der Waals surface area contributed by atoms with Crippen LogP contribution >= 0.6 is 0 Å². The van der Waals surface area contributed by atoms with Crippen LogP contribution in [0.2, 0.25) is 0 Å². The number of carbonyl (C=O) groups is 2. The largest absolute Gasteiger partial charge is 0.480 e. The summed E-state index contributed by atoms with van der Waals surface area (Å²) < 4.78 is 0. The number of amides is 1. The summed E-state index contributed by atoms with van der Waals surface area (Å²) in [5, 5.41) is 15.2. The van der Waals surface area contributed by atoms with Crippen LogP contribution in [0.15, 0.2) is 0 Å². The highest BCUT2D eigenvalue weighted by molar-refractivity contribution is 5.88. The molecule has 3 N–H and O–H groups in total. The maximum atomic E-state index is 12.1. The third kappa shape index (κ3) is 2.29. The van der Waals surface area contributed by atoms with Crippen molar-refractivity contribution in [1.82, 2.24) is 10.6 Å². The fourth-order valence-electron chi connectivity index (χ4n) is 2.86. The van der Waals surface area contributed by atoms with Crippen LogP contribution in [0.4, 0.5) is 0 Å². The summed E-state index contributed by atoms with van der Waals surface area (Å²) in [6.07, 6.45) is 2.88. The summed E-state index contributed by atoms with van der Waals surface area (Å²) in [5.74, 6) is -0.803. The van der Waals surface area contributed by atoms with E-state index < -0.39 is 11.5 Å². The molecule has 96 valence electrons. The molecule has 0 unspecified atom stereocenters. The lowest BCUT2D eigenvalue weighted by Crippen LogP contribution is -2.54. The van der Waals surface area contributed by atoms with Crippen LogP contribution in [0.5, 0.6) is 0 Å². The van der Waals surface area contributed by atoms with Crippen LogP contribution in [0.1, 0.15) is 32.6 Å². The Morgan fingerprint density at radius 3 is 2.41 bits per heavy atom. The second-order valence-electron chi connectivity index (χ2n) is 5.33. The topological polar surface area (TPSA) is 78.4 Å². The Bertz CT molecular complexity index is 324. The van der Waals surface area contributed by atoms with E-state index in [0.29, 0.717) is 19.4 Å². The Hall–Kier alpha value is -1.10. The molecule has 2 fully saturated rings. The molecular formula is C12H20N2O3. The molecule has 5 heteroatoms. The van der Waals surface area contributed by atoms with Crippen molar-refractivity contribution >= 4 is 11.9 Å². The van der Waals surface area contributed by atoms with Crippen molar-refractivity contribution in [2.24, 2.45) is 11.8 Å². The first-order valence-electron chi connectivity index (χ1n) is 6.31. The summed E-state index contributed by atoms with van der Waals surface area (Å²) in [4.78, 5) is 23.4. The van der Waals surface area contributed by atoms with Crippen molar-refractivity contribution in [3.63, 3.8) is 0 Å². The third-order valence-electron chi connectivity index (χ3n) is 4.08. The Morgan fingerprint density at radius 2 is 1.94 bits per heavy atom. The Balaban J connectivity index is 2.03. The lowest BCUT2D eigenvalue weighted by Gasteiger charge is -2.27. The van der Waals surface area contributed by atoms with Gasteiger partial charge in [-0.15, -0.1) is 0 Å². The van der Waals surface area contributed by atoms with E-state index in [4.69, 9.17) is 0 Å². The first-order valence-corrected chi connectivity index (χ1v) is 6.31. The number of aliphatic carboxylic acids is 1. The molecular weight excluding hydrogens is 220 g/mol. The molecule has 2 atom stereocenters. The molecule has 2 aliphatic rings. The number of nitrogens with one attached hydrogen (secondary N) is 2. The first-order chi connectivity index (χ1) is 8.05. The molecule has 0 radical (unpaired) electrons. The monoisotopic (exact) mass is 240 g/mol. The first kappa shape index (κ1) is 12.4. The molecule has 5 nitrogen and oxygen atoms in total. The quantitative estimate of drug-likeness (QED) is 0.665. The van der Waals surface area contributed by atoms with Gasteiger partial charge in [0.2, 0.25) is 5.91 Å². The van der Waals surface area contributed by atoms with Crippen molar-refractivity contribution < 1.29 is 14.7 Å². The zero-order valence-electron chi connectivity index (χ0n) is 10.2. The summed E-state index contributed by atoms with van der Waals surface area (Å²) >= 11 is 0. The average Bonchev–Trinajstić information content (AvgIpc) is 2.87. The zero-order valence-corrected chi connectivity index (χ0v) is 10.2. The van der Waals surface area contributed by atoms with E-state index in [1.165, 1.54) is 0 Å². The highest BCUT2D eigenvalue weighted by atomic mass is 16.4. The molecule has 17 heavy (non-hydrogen) atoms. The SMILES string of the molecule is C[C@@H]1CNC[C@H]1C(=O)NC1(C(=O)O)CCCC1. The number of carboxylic acid groups (broad SMARTS) is 1. The lowest BCUT2D eigenvalue weighted by atomic mass is 9.93. The molecule has 0 bridgehead atoms. The van der Waals surface area contributed by atoms with Gasteiger partial charge in [0.25, 0.3) is 0 Å². The summed E-state index contributed by atoms with van der Waals surface area (Å²) in [6, 6.07) is 0. The highest BCUT2D eigenvalue weighted by Gasteiger charge is 2.44. The minimum atomic E-state index is -1.00. The predicted molar refractivity (Wildman–Crippen MR) is 62.5 cm³/mol. The van der Waals surface area contributed by atoms with Crippen LogP contribution in [0, 0.1) is 11.8 Å². The second-order valence-corrected chi connectivity index (χ2v) is 5.33. The predicted octanol–water partition coefficient (Wildman–Crippen LogP) is 0.355. The number of carboxylic acids is 1. The van der Waals surface area contributed by atoms with Crippen LogP contribution < -0.4 is 10.6 Å². The second kappa shape index (κ2) is 4.64. The zero-order chi connectivity index (χ0) is 12.5. The minimum absolute atomic E-state index is 0.0909. The van der Waals surface area contributed by atoms with Crippen LogP contribution in [-0.2, 0) is 9.59 Å².